The van der Waals surface area contributed by atoms with E-state index in [9.17, 15) is 14.0 Å². The third-order valence-electron chi connectivity index (χ3n) is 4.72. The highest BCUT2D eigenvalue weighted by Gasteiger charge is 2.23. The van der Waals surface area contributed by atoms with E-state index in [0.29, 0.717) is 17.1 Å². The molecule has 7 nitrogen and oxygen atoms in total. The Morgan fingerprint density at radius 1 is 1.19 bits per heavy atom. The molecular formula is C19H26FN5O2. The lowest BCUT2D eigenvalue weighted by atomic mass is 10.1. The summed E-state index contributed by atoms with van der Waals surface area (Å²) in [4.78, 5) is 26.6. The lowest BCUT2D eigenvalue weighted by molar-refractivity contribution is 0.196. The molecule has 2 aliphatic rings. The van der Waals surface area contributed by atoms with Gasteiger partial charge in [0.05, 0.1) is 12.2 Å². The molecule has 1 saturated carbocycles. The van der Waals surface area contributed by atoms with Crippen LogP contribution in [0.1, 0.15) is 37.8 Å². The van der Waals surface area contributed by atoms with E-state index in [0.717, 1.165) is 44.3 Å². The van der Waals surface area contributed by atoms with Crippen molar-refractivity contribution in [2.24, 2.45) is 5.73 Å². The molecule has 0 radical (unpaired) electrons. The molecule has 8 heteroatoms. The second-order valence-corrected chi connectivity index (χ2v) is 6.95. The topological polar surface area (TPSA) is 103 Å². The van der Waals surface area contributed by atoms with E-state index in [2.05, 4.69) is 15.6 Å². The van der Waals surface area contributed by atoms with Crippen LogP contribution >= 0.6 is 0 Å². The number of fused-ring (bicyclic) bond motifs is 1. The summed E-state index contributed by atoms with van der Waals surface area (Å²) in [6.07, 6.45) is 5.54. The van der Waals surface area contributed by atoms with E-state index in [4.69, 9.17) is 5.73 Å². The van der Waals surface area contributed by atoms with Gasteiger partial charge in [0.15, 0.2) is 5.82 Å². The standard InChI is InChI=1S/C13H14FN3O.C6H12N2O/c14-12-9-3-1-2-4-10(9)17-11(12)7-15-13(18)16-8-5-6-8;7-6(9)8-4-2-1-3-5-8/h1-4,8,17H,5-7H2,(H2,15,16,18);1-5H2,(H2,7,9). The van der Waals surface area contributed by atoms with E-state index in [-0.39, 0.29) is 24.4 Å². The molecular weight excluding hydrogens is 349 g/mol. The number of aromatic nitrogens is 1. The number of primary amides is 1. The molecule has 1 aromatic carbocycles. The fraction of sp³-hybridized carbons (Fsp3) is 0.474. The zero-order chi connectivity index (χ0) is 19.2. The number of carbonyl (C=O) groups excluding carboxylic acids is 2. The van der Waals surface area contributed by atoms with Gasteiger partial charge in [-0.25, -0.2) is 14.0 Å². The van der Waals surface area contributed by atoms with Crippen LogP contribution < -0.4 is 16.4 Å². The van der Waals surface area contributed by atoms with Gasteiger partial charge < -0.3 is 26.3 Å². The lowest BCUT2D eigenvalue weighted by Crippen LogP contribution is -2.39. The summed E-state index contributed by atoms with van der Waals surface area (Å²) < 4.78 is 14.0. The number of carbonyl (C=O) groups is 2. The van der Waals surface area contributed by atoms with E-state index in [1.807, 2.05) is 12.1 Å². The van der Waals surface area contributed by atoms with Crippen molar-refractivity contribution < 1.29 is 14.0 Å². The molecule has 1 saturated heterocycles. The van der Waals surface area contributed by atoms with Crippen LogP contribution in [0, 0.1) is 5.82 Å². The zero-order valence-corrected chi connectivity index (χ0v) is 15.3. The number of aromatic amines is 1. The molecule has 0 atom stereocenters. The zero-order valence-electron chi connectivity index (χ0n) is 15.3. The molecule has 2 fully saturated rings. The number of H-pyrrole nitrogens is 1. The molecule has 1 aromatic heterocycles. The van der Waals surface area contributed by atoms with Crippen molar-refractivity contribution in [3.8, 4) is 0 Å². The summed E-state index contributed by atoms with van der Waals surface area (Å²) in [5.41, 5.74) is 6.20. The minimum atomic E-state index is -0.294. The first-order chi connectivity index (χ1) is 13.0. The third kappa shape index (κ3) is 5.35. The van der Waals surface area contributed by atoms with Crippen molar-refractivity contribution >= 4 is 23.0 Å². The fourth-order valence-electron chi connectivity index (χ4n) is 3.03. The summed E-state index contributed by atoms with van der Waals surface area (Å²) in [6, 6.07) is 6.95. The Hall–Kier alpha value is -2.77. The number of para-hydroxylation sites is 1. The second-order valence-electron chi connectivity index (χ2n) is 6.95. The first-order valence-corrected chi connectivity index (χ1v) is 9.38. The number of nitrogens with two attached hydrogens (primary N) is 1. The lowest BCUT2D eigenvalue weighted by Gasteiger charge is -2.24. The predicted octanol–water partition coefficient (Wildman–Crippen LogP) is 2.82. The quantitative estimate of drug-likeness (QED) is 0.663. The average Bonchev–Trinajstić information content (AvgIpc) is 3.44. The van der Waals surface area contributed by atoms with Crippen molar-refractivity contribution in [3.05, 3.63) is 35.8 Å². The Morgan fingerprint density at radius 2 is 1.89 bits per heavy atom. The van der Waals surface area contributed by atoms with E-state index >= 15 is 0 Å². The van der Waals surface area contributed by atoms with Crippen molar-refractivity contribution in [1.82, 2.24) is 20.5 Å². The number of likely N-dealkylation sites (tertiary alicyclic amines) is 1. The van der Waals surface area contributed by atoms with Crippen LogP contribution in [0.15, 0.2) is 24.3 Å². The molecule has 5 N–H and O–H groups in total. The second kappa shape index (κ2) is 8.75. The maximum absolute atomic E-state index is 14.0. The van der Waals surface area contributed by atoms with Crippen LogP contribution in [0.2, 0.25) is 0 Å². The molecule has 27 heavy (non-hydrogen) atoms. The van der Waals surface area contributed by atoms with Crippen LogP contribution in [0.3, 0.4) is 0 Å². The number of nitrogens with one attached hydrogen (secondary N) is 3. The summed E-state index contributed by atoms with van der Waals surface area (Å²) >= 11 is 0. The van der Waals surface area contributed by atoms with Crippen LogP contribution in [0.4, 0.5) is 14.0 Å². The number of benzene rings is 1. The van der Waals surface area contributed by atoms with Gasteiger partial charge in [0, 0.05) is 30.0 Å². The smallest absolute Gasteiger partial charge is 0.315 e. The Bertz CT molecular complexity index is 796. The van der Waals surface area contributed by atoms with Gasteiger partial charge in [-0.15, -0.1) is 0 Å². The van der Waals surface area contributed by atoms with Gasteiger partial charge in [-0.3, -0.25) is 0 Å². The van der Waals surface area contributed by atoms with Gasteiger partial charge in [-0.2, -0.15) is 0 Å². The van der Waals surface area contributed by atoms with Crippen LogP contribution in [-0.4, -0.2) is 41.1 Å². The summed E-state index contributed by atoms with van der Waals surface area (Å²) in [5.74, 6) is -0.294. The first kappa shape index (κ1) is 19.0. The predicted molar refractivity (Wildman–Crippen MR) is 102 cm³/mol. The number of nitrogens with zero attached hydrogens (tertiary/aromatic N) is 1. The third-order valence-corrected chi connectivity index (χ3v) is 4.72. The van der Waals surface area contributed by atoms with Crippen LogP contribution in [0.25, 0.3) is 10.9 Å². The van der Waals surface area contributed by atoms with Crippen molar-refractivity contribution in [2.75, 3.05) is 13.1 Å². The highest BCUT2D eigenvalue weighted by Crippen LogP contribution is 2.20. The Labute approximate surface area is 157 Å². The molecule has 0 spiro atoms. The van der Waals surface area contributed by atoms with Gasteiger partial charge >= 0.3 is 12.1 Å². The maximum atomic E-state index is 14.0. The maximum Gasteiger partial charge on any atom is 0.315 e. The normalized spacial score (nSPS) is 16.4. The minimum absolute atomic E-state index is 0.166. The molecule has 2 heterocycles. The number of halogens is 1. The SMILES string of the molecule is NC(=O)N1CCCCC1.O=C(NCc1[nH]c2ccccc2c1F)NC1CC1. The number of hydrogen-bond acceptors (Lipinski definition) is 2. The fourth-order valence-corrected chi connectivity index (χ4v) is 3.03. The number of hydrogen-bond donors (Lipinski definition) is 4. The largest absolute Gasteiger partial charge is 0.354 e. The highest BCUT2D eigenvalue weighted by atomic mass is 19.1. The van der Waals surface area contributed by atoms with Crippen molar-refractivity contribution in [2.45, 2.75) is 44.7 Å². The van der Waals surface area contributed by atoms with Crippen molar-refractivity contribution in [1.29, 1.82) is 0 Å². The molecule has 1 aliphatic heterocycles. The van der Waals surface area contributed by atoms with Gasteiger partial charge in [0.2, 0.25) is 0 Å². The molecule has 0 unspecified atom stereocenters. The number of amides is 4. The Morgan fingerprint density at radius 3 is 2.48 bits per heavy atom. The van der Waals surface area contributed by atoms with Crippen LogP contribution in [-0.2, 0) is 6.54 Å². The van der Waals surface area contributed by atoms with Gasteiger partial charge in [0.25, 0.3) is 0 Å². The molecule has 0 bridgehead atoms. The average molecular weight is 375 g/mol. The number of urea groups is 2. The molecule has 146 valence electrons. The van der Waals surface area contributed by atoms with Gasteiger partial charge in [-0.05, 0) is 44.2 Å². The molecule has 4 amide bonds. The Balaban J connectivity index is 0.000000197. The Kier molecular flexibility index (Phi) is 6.16. The number of piperidine rings is 1. The first-order valence-electron chi connectivity index (χ1n) is 9.38. The molecule has 2 aromatic rings. The van der Waals surface area contributed by atoms with E-state index < -0.39 is 0 Å². The van der Waals surface area contributed by atoms with Crippen molar-refractivity contribution in [3.63, 3.8) is 0 Å². The summed E-state index contributed by atoms with van der Waals surface area (Å²) in [7, 11) is 0. The summed E-state index contributed by atoms with van der Waals surface area (Å²) in [5, 5.41) is 5.99. The minimum Gasteiger partial charge on any atom is -0.354 e. The molecule has 1 aliphatic carbocycles. The van der Waals surface area contributed by atoms with Crippen LogP contribution in [0.5, 0.6) is 0 Å². The summed E-state index contributed by atoms with van der Waals surface area (Å²) in [6.45, 7) is 1.88. The highest BCUT2D eigenvalue weighted by molar-refractivity contribution is 5.81. The van der Waals surface area contributed by atoms with E-state index in [1.165, 1.54) is 6.42 Å². The number of rotatable bonds is 3. The van der Waals surface area contributed by atoms with E-state index in [1.54, 1.807) is 17.0 Å². The monoisotopic (exact) mass is 375 g/mol. The molecule has 4 rings (SSSR count). The van der Waals surface area contributed by atoms with Gasteiger partial charge in [-0.1, -0.05) is 12.1 Å². The van der Waals surface area contributed by atoms with Gasteiger partial charge in [0.1, 0.15) is 0 Å².